The first-order chi connectivity index (χ1) is 14.2. The van der Waals surface area contributed by atoms with Crippen molar-refractivity contribution in [2.24, 2.45) is 0 Å². The number of rotatable bonds is 7. The Kier molecular flexibility index (Phi) is 6.25. The first-order valence-electron chi connectivity index (χ1n) is 10.7. The molecule has 2 atom stereocenters. The predicted molar refractivity (Wildman–Crippen MR) is 115 cm³/mol. The Balaban J connectivity index is 1.19. The minimum atomic E-state index is -0.266. The number of hydrogen-bond donors (Lipinski definition) is 3. The third kappa shape index (κ3) is 5.24. The van der Waals surface area contributed by atoms with Crippen molar-refractivity contribution in [3.63, 3.8) is 0 Å². The van der Waals surface area contributed by atoms with Gasteiger partial charge in [0.15, 0.2) is 0 Å². The highest BCUT2D eigenvalue weighted by Gasteiger charge is 2.30. The zero-order valence-corrected chi connectivity index (χ0v) is 16.7. The number of anilines is 1. The number of nitrogens with one attached hydrogen (secondary N) is 3. The van der Waals surface area contributed by atoms with Crippen LogP contribution in [0.1, 0.15) is 42.4 Å². The summed E-state index contributed by atoms with van der Waals surface area (Å²) in [7, 11) is 0. The van der Waals surface area contributed by atoms with Crippen molar-refractivity contribution in [3.05, 3.63) is 65.2 Å². The van der Waals surface area contributed by atoms with E-state index >= 15 is 0 Å². The average molecular weight is 392 g/mol. The maximum absolute atomic E-state index is 12.6. The van der Waals surface area contributed by atoms with E-state index in [1.807, 2.05) is 24.3 Å². The van der Waals surface area contributed by atoms with Gasteiger partial charge in [-0.3, -0.25) is 9.59 Å². The van der Waals surface area contributed by atoms with E-state index in [2.05, 4.69) is 40.2 Å². The Hall–Kier alpha value is -2.66. The standard InChI is InChI=1S/C24H29N3O2/c28-23(11-4-8-17-6-2-1-3-7-17)26-21-15-22(25-16-21)24(29)27-20-13-12-18-9-5-10-19(18)14-20/h1-3,6-7,12-14,21-22,25H,4-5,8-11,15-16H2,(H,26,28)(H,27,29)/t21?,22-/m0/s1. The van der Waals surface area contributed by atoms with Gasteiger partial charge < -0.3 is 16.0 Å². The molecule has 1 fully saturated rings. The molecule has 1 saturated heterocycles. The van der Waals surface area contributed by atoms with E-state index in [9.17, 15) is 9.59 Å². The molecule has 2 aromatic carbocycles. The molecule has 2 aromatic rings. The largest absolute Gasteiger partial charge is 0.352 e. The quantitative estimate of drug-likeness (QED) is 0.680. The lowest BCUT2D eigenvalue weighted by Gasteiger charge is -2.13. The number of aryl methyl sites for hydroxylation is 3. The summed E-state index contributed by atoms with van der Waals surface area (Å²) in [4.78, 5) is 24.8. The van der Waals surface area contributed by atoms with E-state index in [-0.39, 0.29) is 23.9 Å². The van der Waals surface area contributed by atoms with Crippen LogP contribution in [0.2, 0.25) is 0 Å². The predicted octanol–water partition coefficient (Wildman–Crippen LogP) is 2.98. The molecule has 1 aliphatic carbocycles. The van der Waals surface area contributed by atoms with E-state index < -0.39 is 0 Å². The number of fused-ring (bicyclic) bond motifs is 1. The average Bonchev–Trinajstić information content (AvgIpc) is 3.38. The molecule has 5 heteroatoms. The van der Waals surface area contributed by atoms with Crippen molar-refractivity contribution < 1.29 is 9.59 Å². The maximum Gasteiger partial charge on any atom is 0.241 e. The van der Waals surface area contributed by atoms with Gasteiger partial charge in [0.2, 0.25) is 11.8 Å². The summed E-state index contributed by atoms with van der Waals surface area (Å²) < 4.78 is 0. The maximum atomic E-state index is 12.6. The number of hydrogen-bond acceptors (Lipinski definition) is 3. The van der Waals surface area contributed by atoms with Crippen LogP contribution in [0.5, 0.6) is 0 Å². The van der Waals surface area contributed by atoms with Crippen molar-refractivity contribution in [1.82, 2.24) is 10.6 Å². The summed E-state index contributed by atoms with van der Waals surface area (Å²) in [5.74, 6) is 0.0381. The first kappa shape index (κ1) is 19.6. The highest BCUT2D eigenvalue weighted by atomic mass is 16.2. The fourth-order valence-electron chi connectivity index (χ4n) is 4.32. The fourth-order valence-corrected chi connectivity index (χ4v) is 4.32. The van der Waals surface area contributed by atoms with Crippen molar-refractivity contribution in [2.45, 2.75) is 57.0 Å². The molecular weight excluding hydrogens is 362 g/mol. The Morgan fingerprint density at radius 1 is 1.03 bits per heavy atom. The molecule has 0 aromatic heterocycles. The van der Waals surface area contributed by atoms with Crippen LogP contribution in [-0.4, -0.2) is 30.4 Å². The molecule has 152 valence electrons. The molecule has 3 N–H and O–H groups in total. The molecule has 0 bridgehead atoms. The van der Waals surface area contributed by atoms with Gasteiger partial charge in [-0.2, -0.15) is 0 Å². The molecule has 2 aliphatic rings. The van der Waals surface area contributed by atoms with Gasteiger partial charge in [-0.25, -0.2) is 0 Å². The number of benzene rings is 2. The number of amides is 2. The van der Waals surface area contributed by atoms with Crippen LogP contribution >= 0.6 is 0 Å². The van der Waals surface area contributed by atoms with Gasteiger partial charge in [0.1, 0.15) is 0 Å². The van der Waals surface area contributed by atoms with Gasteiger partial charge in [-0.1, -0.05) is 36.4 Å². The molecule has 4 rings (SSSR count). The Morgan fingerprint density at radius 2 is 1.86 bits per heavy atom. The van der Waals surface area contributed by atoms with Gasteiger partial charge in [-0.15, -0.1) is 0 Å². The second kappa shape index (κ2) is 9.23. The molecule has 0 radical (unpaired) electrons. The van der Waals surface area contributed by atoms with E-state index in [0.717, 1.165) is 31.4 Å². The minimum absolute atomic E-state index is 0.00926. The number of carbonyl (C=O) groups is 2. The molecule has 5 nitrogen and oxygen atoms in total. The molecule has 1 heterocycles. The lowest BCUT2D eigenvalue weighted by molar-refractivity contribution is -0.122. The molecular formula is C24H29N3O2. The van der Waals surface area contributed by atoms with Gasteiger partial charge in [0.05, 0.1) is 6.04 Å². The Labute approximate surface area is 172 Å². The van der Waals surface area contributed by atoms with Crippen LogP contribution < -0.4 is 16.0 Å². The summed E-state index contributed by atoms with van der Waals surface area (Å²) in [6, 6.07) is 16.2. The highest BCUT2D eigenvalue weighted by molar-refractivity contribution is 5.95. The molecule has 1 aliphatic heterocycles. The van der Waals surface area contributed by atoms with Gasteiger partial charge in [-0.05, 0) is 67.3 Å². The van der Waals surface area contributed by atoms with Gasteiger partial charge >= 0.3 is 0 Å². The van der Waals surface area contributed by atoms with E-state index in [0.29, 0.717) is 19.4 Å². The van der Waals surface area contributed by atoms with Gasteiger partial charge in [0, 0.05) is 24.7 Å². The van der Waals surface area contributed by atoms with Crippen molar-refractivity contribution in [1.29, 1.82) is 0 Å². The summed E-state index contributed by atoms with van der Waals surface area (Å²) in [6.07, 6.45) is 6.31. The lowest BCUT2D eigenvalue weighted by atomic mass is 10.1. The van der Waals surface area contributed by atoms with E-state index in [4.69, 9.17) is 0 Å². The zero-order valence-electron chi connectivity index (χ0n) is 16.7. The van der Waals surface area contributed by atoms with Crippen LogP contribution in [-0.2, 0) is 28.9 Å². The Bertz CT molecular complexity index is 866. The third-order valence-electron chi connectivity index (χ3n) is 5.89. The number of carbonyl (C=O) groups excluding carboxylic acids is 2. The normalized spacial score (nSPS) is 20.3. The van der Waals surface area contributed by atoms with Crippen molar-refractivity contribution in [2.75, 3.05) is 11.9 Å². The molecule has 0 spiro atoms. The van der Waals surface area contributed by atoms with Crippen LogP contribution in [0, 0.1) is 0 Å². The molecule has 2 amide bonds. The Morgan fingerprint density at radius 3 is 2.72 bits per heavy atom. The minimum Gasteiger partial charge on any atom is -0.352 e. The second-order valence-electron chi connectivity index (χ2n) is 8.13. The van der Waals surface area contributed by atoms with Crippen LogP contribution in [0.3, 0.4) is 0 Å². The first-order valence-corrected chi connectivity index (χ1v) is 10.7. The van der Waals surface area contributed by atoms with E-state index in [1.54, 1.807) is 0 Å². The SMILES string of the molecule is O=C(CCCc1ccccc1)NC1CN[C@H](C(=O)Nc2ccc3c(c2)CCC3)C1. The van der Waals surface area contributed by atoms with Crippen LogP contribution in [0.25, 0.3) is 0 Å². The second-order valence-corrected chi connectivity index (χ2v) is 8.13. The molecule has 0 saturated carbocycles. The van der Waals surface area contributed by atoms with Crippen molar-refractivity contribution in [3.8, 4) is 0 Å². The lowest BCUT2D eigenvalue weighted by Crippen LogP contribution is -2.36. The summed E-state index contributed by atoms with van der Waals surface area (Å²) in [6.45, 7) is 0.632. The summed E-state index contributed by atoms with van der Waals surface area (Å²) >= 11 is 0. The summed E-state index contributed by atoms with van der Waals surface area (Å²) in [5.41, 5.74) is 4.87. The topological polar surface area (TPSA) is 70.2 Å². The summed E-state index contributed by atoms with van der Waals surface area (Å²) in [5, 5.41) is 9.33. The monoisotopic (exact) mass is 391 g/mol. The van der Waals surface area contributed by atoms with Crippen LogP contribution in [0.4, 0.5) is 5.69 Å². The molecule has 1 unspecified atom stereocenters. The van der Waals surface area contributed by atoms with Crippen LogP contribution in [0.15, 0.2) is 48.5 Å². The van der Waals surface area contributed by atoms with E-state index in [1.165, 1.54) is 23.1 Å². The molecule has 29 heavy (non-hydrogen) atoms. The fraction of sp³-hybridized carbons (Fsp3) is 0.417. The highest BCUT2D eigenvalue weighted by Crippen LogP contribution is 2.25. The third-order valence-corrected chi connectivity index (χ3v) is 5.89. The smallest absolute Gasteiger partial charge is 0.241 e. The van der Waals surface area contributed by atoms with Gasteiger partial charge in [0.25, 0.3) is 0 Å². The zero-order chi connectivity index (χ0) is 20.1. The van der Waals surface area contributed by atoms with Crippen molar-refractivity contribution >= 4 is 17.5 Å².